The monoisotopic (exact) mass is 270 g/mol. The minimum absolute atomic E-state index is 0.0723. The highest BCUT2D eigenvalue weighted by Gasteiger charge is 1.96. The highest BCUT2D eigenvalue weighted by Crippen LogP contribution is 2.10. The van der Waals surface area contributed by atoms with Gasteiger partial charge in [0.05, 0.1) is 6.54 Å². The van der Waals surface area contributed by atoms with Gasteiger partial charge in [-0.25, -0.2) is 0 Å². The molecule has 3 nitrogen and oxygen atoms in total. The van der Waals surface area contributed by atoms with E-state index in [1.165, 1.54) is 70.6 Å². The predicted octanol–water partition coefficient (Wildman–Crippen LogP) is 3.63. The molecular formula is C16H34N2O. The van der Waals surface area contributed by atoms with Crippen LogP contribution in [0.2, 0.25) is 0 Å². The van der Waals surface area contributed by atoms with Crippen LogP contribution in [0.15, 0.2) is 0 Å². The number of rotatable bonds is 14. The van der Waals surface area contributed by atoms with Crippen molar-refractivity contribution in [2.75, 3.05) is 20.1 Å². The quantitative estimate of drug-likeness (QED) is 0.473. The zero-order valence-corrected chi connectivity index (χ0v) is 13.1. The van der Waals surface area contributed by atoms with Gasteiger partial charge in [-0.1, -0.05) is 71.1 Å². The van der Waals surface area contributed by atoms with E-state index in [9.17, 15) is 4.79 Å². The number of carbonyl (C=O) groups excluding carboxylic acids is 1. The fourth-order valence-corrected chi connectivity index (χ4v) is 2.20. The molecule has 1 amide bonds. The van der Waals surface area contributed by atoms with Gasteiger partial charge in [0, 0.05) is 7.05 Å². The van der Waals surface area contributed by atoms with E-state index < -0.39 is 0 Å². The largest absolute Gasteiger partial charge is 0.358 e. The summed E-state index contributed by atoms with van der Waals surface area (Å²) in [6, 6.07) is 0. The summed E-state index contributed by atoms with van der Waals surface area (Å²) < 4.78 is 0. The zero-order chi connectivity index (χ0) is 14.2. The van der Waals surface area contributed by atoms with E-state index in [4.69, 9.17) is 0 Å². The van der Waals surface area contributed by atoms with Crippen LogP contribution in [0.3, 0.4) is 0 Å². The van der Waals surface area contributed by atoms with Crippen LogP contribution in [-0.4, -0.2) is 26.0 Å². The highest BCUT2D eigenvalue weighted by molar-refractivity contribution is 5.77. The molecule has 0 fully saturated rings. The maximum Gasteiger partial charge on any atom is 0.233 e. The second kappa shape index (κ2) is 15.5. The molecule has 0 radical (unpaired) electrons. The molecule has 3 heteroatoms. The van der Waals surface area contributed by atoms with Crippen molar-refractivity contribution in [1.82, 2.24) is 10.6 Å². The molecule has 0 saturated heterocycles. The third kappa shape index (κ3) is 15.4. The lowest BCUT2D eigenvalue weighted by Crippen LogP contribution is -2.31. The van der Waals surface area contributed by atoms with Crippen LogP contribution in [0.25, 0.3) is 0 Å². The Morgan fingerprint density at radius 3 is 1.74 bits per heavy atom. The van der Waals surface area contributed by atoms with Crippen LogP contribution >= 0.6 is 0 Å². The lowest BCUT2D eigenvalue weighted by atomic mass is 10.1. The fourth-order valence-electron chi connectivity index (χ4n) is 2.20. The van der Waals surface area contributed by atoms with Crippen LogP contribution in [0.4, 0.5) is 0 Å². The van der Waals surface area contributed by atoms with Crippen LogP contribution in [0.1, 0.15) is 77.6 Å². The average molecular weight is 270 g/mol. The number of unbranched alkanes of at least 4 members (excludes halogenated alkanes) is 10. The van der Waals surface area contributed by atoms with Crippen LogP contribution in [0.5, 0.6) is 0 Å². The van der Waals surface area contributed by atoms with E-state index >= 15 is 0 Å². The Kier molecular flexibility index (Phi) is 15.0. The van der Waals surface area contributed by atoms with E-state index in [-0.39, 0.29) is 5.91 Å². The molecule has 0 aliphatic carbocycles. The second-order valence-electron chi connectivity index (χ2n) is 5.39. The third-order valence-electron chi connectivity index (χ3n) is 3.52. The minimum atomic E-state index is 0.0723. The molecule has 0 aliphatic heterocycles. The summed E-state index contributed by atoms with van der Waals surface area (Å²) >= 11 is 0. The molecule has 0 aromatic heterocycles. The van der Waals surface area contributed by atoms with Crippen molar-refractivity contribution in [3.8, 4) is 0 Å². The second-order valence-corrected chi connectivity index (χ2v) is 5.39. The van der Waals surface area contributed by atoms with Crippen molar-refractivity contribution in [2.24, 2.45) is 0 Å². The normalized spacial score (nSPS) is 10.6. The Hall–Kier alpha value is -0.570. The topological polar surface area (TPSA) is 41.1 Å². The van der Waals surface area contributed by atoms with Crippen molar-refractivity contribution in [2.45, 2.75) is 77.6 Å². The Morgan fingerprint density at radius 2 is 1.26 bits per heavy atom. The maximum atomic E-state index is 10.9. The molecular weight excluding hydrogens is 236 g/mol. The molecule has 19 heavy (non-hydrogen) atoms. The van der Waals surface area contributed by atoms with Gasteiger partial charge in [-0.2, -0.15) is 0 Å². The number of amides is 1. The molecule has 0 unspecified atom stereocenters. The molecule has 0 spiro atoms. The summed E-state index contributed by atoms with van der Waals surface area (Å²) in [6.07, 6.45) is 15.0. The van der Waals surface area contributed by atoms with Crippen molar-refractivity contribution in [3.63, 3.8) is 0 Å². The zero-order valence-electron chi connectivity index (χ0n) is 13.1. The Labute approximate surface area is 119 Å². The number of hydrogen-bond donors (Lipinski definition) is 2. The first-order valence-corrected chi connectivity index (χ1v) is 8.22. The lowest BCUT2D eigenvalue weighted by Gasteiger charge is -2.04. The van der Waals surface area contributed by atoms with Gasteiger partial charge in [0.2, 0.25) is 5.91 Å². The highest BCUT2D eigenvalue weighted by atomic mass is 16.1. The van der Waals surface area contributed by atoms with Gasteiger partial charge >= 0.3 is 0 Å². The first kappa shape index (κ1) is 18.4. The Morgan fingerprint density at radius 1 is 0.789 bits per heavy atom. The lowest BCUT2D eigenvalue weighted by molar-refractivity contribution is -0.119. The number of hydrogen-bond acceptors (Lipinski definition) is 2. The summed E-state index contributed by atoms with van der Waals surface area (Å²) in [5.41, 5.74) is 0. The molecule has 0 heterocycles. The number of likely N-dealkylation sites (N-methyl/N-ethyl adjacent to an activating group) is 1. The molecule has 0 aliphatic rings. The van der Waals surface area contributed by atoms with Gasteiger partial charge in [0.1, 0.15) is 0 Å². The van der Waals surface area contributed by atoms with Gasteiger partial charge in [0.25, 0.3) is 0 Å². The van der Waals surface area contributed by atoms with Crippen LogP contribution < -0.4 is 10.6 Å². The van der Waals surface area contributed by atoms with Crippen LogP contribution in [-0.2, 0) is 4.79 Å². The summed E-state index contributed by atoms with van der Waals surface area (Å²) in [5.74, 6) is 0.0723. The third-order valence-corrected chi connectivity index (χ3v) is 3.52. The van der Waals surface area contributed by atoms with Crippen molar-refractivity contribution in [1.29, 1.82) is 0 Å². The summed E-state index contributed by atoms with van der Waals surface area (Å²) in [7, 11) is 1.67. The molecule has 0 atom stereocenters. The van der Waals surface area contributed by atoms with Gasteiger partial charge < -0.3 is 10.6 Å². The van der Waals surface area contributed by atoms with E-state index in [2.05, 4.69) is 17.6 Å². The van der Waals surface area contributed by atoms with Gasteiger partial charge in [-0.15, -0.1) is 0 Å². The van der Waals surface area contributed by atoms with Gasteiger partial charge in [-0.05, 0) is 13.0 Å². The first-order valence-electron chi connectivity index (χ1n) is 8.22. The van der Waals surface area contributed by atoms with Crippen molar-refractivity contribution >= 4 is 5.91 Å². The molecule has 0 aromatic rings. The Balaban J connectivity index is 2.97. The van der Waals surface area contributed by atoms with Crippen molar-refractivity contribution in [3.05, 3.63) is 0 Å². The Bertz CT molecular complexity index is 195. The SMILES string of the molecule is CCCCCCCCCCCCCNCC(=O)NC. The van der Waals surface area contributed by atoms with E-state index in [0.717, 1.165) is 6.54 Å². The average Bonchev–Trinajstić information content (AvgIpc) is 2.43. The standard InChI is InChI=1S/C16H34N2O/c1-3-4-5-6-7-8-9-10-11-12-13-14-18-15-16(19)17-2/h18H,3-15H2,1-2H3,(H,17,19). The van der Waals surface area contributed by atoms with E-state index in [0.29, 0.717) is 6.54 Å². The maximum absolute atomic E-state index is 10.9. The number of nitrogens with one attached hydrogen (secondary N) is 2. The molecule has 0 saturated carbocycles. The summed E-state index contributed by atoms with van der Waals surface area (Å²) in [6.45, 7) is 3.68. The van der Waals surface area contributed by atoms with E-state index in [1.807, 2.05) is 0 Å². The summed E-state index contributed by atoms with van der Waals surface area (Å²) in [5, 5.41) is 5.76. The smallest absolute Gasteiger partial charge is 0.233 e. The first-order chi connectivity index (χ1) is 9.31. The van der Waals surface area contributed by atoms with Crippen LogP contribution in [0, 0.1) is 0 Å². The predicted molar refractivity (Wildman–Crippen MR) is 83.4 cm³/mol. The van der Waals surface area contributed by atoms with Crippen molar-refractivity contribution < 1.29 is 4.79 Å². The number of carbonyl (C=O) groups is 1. The van der Waals surface area contributed by atoms with Gasteiger partial charge in [-0.3, -0.25) is 4.79 Å². The molecule has 0 aromatic carbocycles. The fraction of sp³-hybridized carbons (Fsp3) is 0.938. The molecule has 0 rings (SSSR count). The molecule has 2 N–H and O–H groups in total. The van der Waals surface area contributed by atoms with E-state index in [1.54, 1.807) is 7.05 Å². The summed E-state index contributed by atoms with van der Waals surface area (Å²) in [4.78, 5) is 10.9. The molecule has 114 valence electrons. The minimum Gasteiger partial charge on any atom is -0.358 e. The molecule has 0 bridgehead atoms. The van der Waals surface area contributed by atoms with Gasteiger partial charge in [0.15, 0.2) is 0 Å².